The predicted octanol–water partition coefficient (Wildman–Crippen LogP) is 2.11. The molecule has 1 aromatic rings. The Morgan fingerprint density at radius 1 is 1.47 bits per heavy atom. The lowest BCUT2D eigenvalue weighted by Gasteiger charge is -2.19. The van der Waals surface area contributed by atoms with Crippen molar-refractivity contribution in [2.24, 2.45) is 0 Å². The van der Waals surface area contributed by atoms with E-state index in [-0.39, 0.29) is 5.69 Å². The maximum Gasteiger partial charge on any atom is 0.457 e. The molecule has 1 fully saturated rings. The SMILES string of the molecule is CC1(c2csc(C(=O)C(F)(F)F)n2)OCCO1. The summed E-state index contributed by atoms with van der Waals surface area (Å²) < 4.78 is 47.0. The standard InChI is InChI=1S/C9H8F3NO3S/c1-8(15-2-3-16-8)5-4-17-7(13-5)6(14)9(10,11)12/h4H,2-3H2,1H3. The molecule has 2 heterocycles. The molecule has 2 rings (SSSR count). The molecule has 0 aliphatic carbocycles. The molecular weight excluding hydrogens is 259 g/mol. The number of rotatable bonds is 2. The van der Waals surface area contributed by atoms with Gasteiger partial charge in [0.2, 0.25) is 5.79 Å². The fourth-order valence-corrected chi connectivity index (χ4v) is 2.23. The Morgan fingerprint density at radius 3 is 2.59 bits per heavy atom. The predicted molar refractivity (Wildman–Crippen MR) is 51.8 cm³/mol. The molecular formula is C9H8F3NO3S. The topological polar surface area (TPSA) is 48.4 Å². The van der Waals surface area contributed by atoms with Crippen LogP contribution in [0.2, 0.25) is 0 Å². The molecule has 0 atom stereocenters. The maximum atomic E-state index is 12.2. The Labute approximate surface area is 98.4 Å². The van der Waals surface area contributed by atoms with Gasteiger partial charge >= 0.3 is 6.18 Å². The minimum Gasteiger partial charge on any atom is -0.342 e. The van der Waals surface area contributed by atoms with Crippen molar-refractivity contribution in [2.45, 2.75) is 18.9 Å². The van der Waals surface area contributed by atoms with Crippen LogP contribution in [0, 0.1) is 0 Å². The number of hydrogen-bond donors (Lipinski definition) is 0. The molecule has 0 N–H and O–H groups in total. The zero-order valence-corrected chi connectivity index (χ0v) is 9.52. The summed E-state index contributed by atoms with van der Waals surface area (Å²) in [6.07, 6.45) is -4.91. The van der Waals surface area contributed by atoms with Crippen LogP contribution in [0.25, 0.3) is 0 Å². The first-order valence-corrected chi connectivity index (χ1v) is 5.56. The van der Waals surface area contributed by atoms with E-state index in [1.165, 1.54) is 5.38 Å². The fraction of sp³-hybridized carbons (Fsp3) is 0.556. The van der Waals surface area contributed by atoms with E-state index < -0.39 is 22.8 Å². The quantitative estimate of drug-likeness (QED) is 0.770. The monoisotopic (exact) mass is 267 g/mol. The average Bonchev–Trinajstić information content (AvgIpc) is 2.84. The molecule has 0 saturated carbocycles. The van der Waals surface area contributed by atoms with Crippen molar-refractivity contribution in [3.63, 3.8) is 0 Å². The second-order valence-corrected chi connectivity index (χ2v) is 4.37. The van der Waals surface area contributed by atoms with Crippen molar-refractivity contribution in [1.29, 1.82) is 0 Å². The molecule has 0 amide bonds. The Hall–Kier alpha value is -0.990. The van der Waals surface area contributed by atoms with Crippen LogP contribution in [0.5, 0.6) is 0 Å². The van der Waals surface area contributed by atoms with E-state index in [4.69, 9.17) is 9.47 Å². The van der Waals surface area contributed by atoms with Gasteiger partial charge in [0.25, 0.3) is 5.78 Å². The summed E-state index contributed by atoms with van der Waals surface area (Å²) in [4.78, 5) is 14.6. The number of thiazole rings is 1. The molecule has 0 unspecified atom stereocenters. The van der Waals surface area contributed by atoms with Crippen molar-refractivity contribution in [3.8, 4) is 0 Å². The first-order chi connectivity index (χ1) is 7.83. The normalized spacial score (nSPS) is 19.5. The van der Waals surface area contributed by atoms with Crippen molar-refractivity contribution >= 4 is 17.1 Å². The minimum atomic E-state index is -4.91. The Bertz CT molecular complexity index is 437. The second kappa shape index (κ2) is 4.04. The van der Waals surface area contributed by atoms with Gasteiger partial charge in [0.05, 0.1) is 13.2 Å². The highest BCUT2D eigenvalue weighted by Gasteiger charge is 2.43. The van der Waals surface area contributed by atoms with E-state index in [0.29, 0.717) is 24.6 Å². The van der Waals surface area contributed by atoms with Crippen LogP contribution < -0.4 is 0 Å². The van der Waals surface area contributed by atoms with Crippen LogP contribution in [0.15, 0.2) is 5.38 Å². The minimum absolute atomic E-state index is 0.188. The van der Waals surface area contributed by atoms with Crippen molar-refractivity contribution in [3.05, 3.63) is 16.1 Å². The number of carbonyl (C=O) groups is 1. The van der Waals surface area contributed by atoms with Gasteiger partial charge in [0.1, 0.15) is 5.69 Å². The summed E-state index contributed by atoms with van der Waals surface area (Å²) in [5.74, 6) is -3.10. The van der Waals surface area contributed by atoms with Crippen LogP contribution in [0.3, 0.4) is 0 Å². The van der Waals surface area contributed by atoms with E-state index in [9.17, 15) is 18.0 Å². The van der Waals surface area contributed by atoms with Gasteiger partial charge in [0.15, 0.2) is 5.01 Å². The molecule has 1 aliphatic heterocycles. The molecule has 8 heteroatoms. The summed E-state index contributed by atoms with van der Waals surface area (Å²) in [6.45, 7) is 2.24. The van der Waals surface area contributed by atoms with Gasteiger partial charge in [-0.2, -0.15) is 13.2 Å². The molecule has 1 aliphatic rings. The van der Waals surface area contributed by atoms with Gasteiger partial charge in [-0.1, -0.05) is 0 Å². The highest BCUT2D eigenvalue weighted by molar-refractivity contribution is 7.11. The molecule has 0 bridgehead atoms. The van der Waals surface area contributed by atoms with Gasteiger partial charge < -0.3 is 9.47 Å². The lowest BCUT2D eigenvalue weighted by atomic mass is 10.2. The number of alkyl halides is 3. The third-order valence-electron chi connectivity index (χ3n) is 2.26. The smallest absolute Gasteiger partial charge is 0.342 e. The van der Waals surface area contributed by atoms with Gasteiger partial charge in [0, 0.05) is 5.38 Å². The first-order valence-electron chi connectivity index (χ1n) is 4.68. The molecule has 1 aromatic heterocycles. The number of ether oxygens (including phenoxy) is 2. The van der Waals surface area contributed by atoms with Crippen molar-refractivity contribution < 1.29 is 27.4 Å². The zero-order chi connectivity index (χ0) is 12.7. The Balaban J connectivity index is 2.25. The summed E-state index contributed by atoms with van der Waals surface area (Å²) >= 11 is 0.629. The third-order valence-corrected chi connectivity index (χ3v) is 3.10. The average molecular weight is 267 g/mol. The van der Waals surface area contributed by atoms with Crippen LogP contribution in [0.4, 0.5) is 13.2 Å². The lowest BCUT2D eigenvalue weighted by Crippen LogP contribution is -2.25. The first kappa shape index (κ1) is 12.5. The van der Waals surface area contributed by atoms with E-state index >= 15 is 0 Å². The summed E-state index contributed by atoms with van der Waals surface area (Å²) in [5.41, 5.74) is 0.188. The number of halogens is 3. The van der Waals surface area contributed by atoms with E-state index in [1.54, 1.807) is 6.92 Å². The molecule has 4 nitrogen and oxygen atoms in total. The van der Waals surface area contributed by atoms with Crippen LogP contribution >= 0.6 is 11.3 Å². The molecule has 94 valence electrons. The van der Waals surface area contributed by atoms with Gasteiger partial charge in [-0.05, 0) is 6.92 Å². The maximum absolute atomic E-state index is 12.2. The van der Waals surface area contributed by atoms with Gasteiger partial charge in [-0.15, -0.1) is 11.3 Å². The van der Waals surface area contributed by atoms with Gasteiger partial charge in [-0.3, -0.25) is 4.79 Å². The van der Waals surface area contributed by atoms with Crippen LogP contribution in [0.1, 0.15) is 22.4 Å². The zero-order valence-electron chi connectivity index (χ0n) is 8.71. The highest BCUT2D eigenvalue weighted by atomic mass is 32.1. The number of ketones is 1. The summed E-state index contributed by atoms with van der Waals surface area (Å²) in [6, 6.07) is 0. The molecule has 0 aromatic carbocycles. The third kappa shape index (κ3) is 2.33. The number of carbonyl (C=O) groups excluding carboxylic acids is 1. The fourth-order valence-electron chi connectivity index (χ4n) is 1.37. The number of hydrogen-bond acceptors (Lipinski definition) is 5. The number of aromatic nitrogens is 1. The molecule has 0 spiro atoms. The van der Waals surface area contributed by atoms with E-state index in [2.05, 4.69) is 4.98 Å². The van der Waals surface area contributed by atoms with Crippen LogP contribution in [-0.2, 0) is 15.3 Å². The number of nitrogens with zero attached hydrogens (tertiary/aromatic N) is 1. The molecule has 0 radical (unpaired) electrons. The summed E-state index contributed by atoms with van der Waals surface area (Å²) in [7, 11) is 0. The van der Waals surface area contributed by atoms with Gasteiger partial charge in [-0.25, -0.2) is 4.98 Å². The highest BCUT2D eigenvalue weighted by Crippen LogP contribution is 2.33. The molecule has 1 saturated heterocycles. The largest absolute Gasteiger partial charge is 0.457 e. The van der Waals surface area contributed by atoms with Crippen LogP contribution in [-0.4, -0.2) is 30.2 Å². The Kier molecular flexibility index (Phi) is 2.96. The second-order valence-electron chi connectivity index (χ2n) is 3.51. The Morgan fingerprint density at radius 2 is 2.06 bits per heavy atom. The van der Waals surface area contributed by atoms with Crippen molar-refractivity contribution in [2.75, 3.05) is 13.2 Å². The lowest BCUT2D eigenvalue weighted by molar-refractivity contribution is -0.152. The number of Topliss-reactive ketones (excluding diaryl/α,β-unsaturated/α-hetero) is 1. The summed E-state index contributed by atoms with van der Waals surface area (Å²) in [5, 5.41) is 0.734. The van der Waals surface area contributed by atoms with Crippen molar-refractivity contribution in [1.82, 2.24) is 4.98 Å². The van der Waals surface area contributed by atoms with E-state index in [0.717, 1.165) is 0 Å². The molecule has 17 heavy (non-hydrogen) atoms. The van der Waals surface area contributed by atoms with E-state index in [1.807, 2.05) is 0 Å².